The smallest absolute Gasteiger partial charge is 0.0700 e. The lowest BCUT2D eigenvalue weighted by atomic mass is 10.2. The molecule has 0 spiro atoms. The van der Waals surface area contributed by atoms with Gasteiger partial charge in [-0.1, -0.05) is 28.1 Å². The molecule has 16 heavy (non-hydrogen) atoms. The van der Waals surface area contributed by atoms with Gasteiger partial charge in [0.05, 0.1) is 6.10 Å². The van der Waals surface area contributed by atoms with E-state index in [4.69, 9.17) is 4.74 Å². The van der Waals surface area contributed by atoms with E-state index in [1.54, 1.807) is 0 Å². The average Bonchev–Trinajstić information content (AvgIpc) is 2.71. The Hall–Kier alpha value is -0.0900. The average molecular weight is 307 g/mol. The third kappa shape index (κ3) is 4.42. The van der Waals surface area contributed by atoms with Gasteiger partial charge >= 0.3 is 0 Å². The summed E-state index contributed by atoms with van der Waals surface area (Å²) in [6.07, 6.45) is 2.84. The van der Waals surface area contributed by atoms with Crippen LogP contribution in [-0.2, 0) is 11.3 Å². The standard InChI is InChI=1S/C12H16BrNO.ClH/c13-11-4-1-3-10(7-11)8-14-9-12-5-2-6-15-12;/h1,3-4,7,12,14H,2,5-6,8-9H2;1H. The van der Waals surface area contributed by atoms with E-state index < -0.39 is 0 Å². The molecule has 1 fully saturated rings. The first-order valence-electron chi connectivity index (χ1n) is 5.41. The molecule has 4 heteroatoms. The van der Waals surface area contributed by atoms with Gasteiger partial charge in [-0.3, -0.25) is 0 Å². The lowest BCUT2D eigenvalue weighted by Crippen LogP contribution is -2.25. The predicted octanol–water partition coefficient (Wildman–Crippen LogP) is 3.14. The minimum atomic E-state index is 0. The van der Waals surface area contributed by atoms with Crippen LogP contribution < -0.4 is 5.32 Å². The van der Waals surface area contributed by atoms with Gasteiger partial charge in [-0.25, -0.2) is 0 Å². The molecule has 1 aliphatic heterocycles. The number of rotatable bonds is 4. The molecular formula is C12H17BrClNO. The van der Waals surface area contributed by atoms with Crippen LogP contribution in [0.25, 0.3) is 0 Å². The zero-order valence-electron chi connectivity index (χ0n) is 9.12. The summed E-state index contributed by atoms with van der Waals surface area (Å²) < 4.78 is 6.68. The molecule has 1 atom stereocenters. The second-order valence-electron chi connectivity index (χ2n) is 3.90. The van der Waals surface area contributed by atoms with Crippen LogP contribution in [0.1, 0.15) is 18.4 Å². The van der Waals surface area contributed by atoms with Gasteiger partial charge in [0.1, 0.15) is 0 Å². The highest BCUT2D eigenvalue weighted by atomic mass is 79.9. The molecule has 2 rings (SSSR count). The van der Waals surface area contributed by atoms with Crippen molar-refractivity contribution in [1.82, 2.24) is 5.32 Å². The predicted molar refractivity (Wildman–Crippen MR) is 72.1 cm³/mol. The van der Waals surface area contributed by atoms with E-state index in [0.29, 0.717) is 6.10 Å². The quantitative estimate of drug-likeness (QED) is 0.923. The maximum Gasteiger partial charge on any atom is 0.0700 e. The van der Waals surface area contributed by atoms with Crippen LogP contribution in [0.2, 0.25) is 0 Å². The van der Waals surface area contributed by atoms with Gasteiger partial charge in [0, 0.05) is 24.2 Å². The third-order valence-corrected chi connectivity index (χ3v) is 3.11. The molecule has 1 aromatic rings. The summed E-state index contributed by atoms with van der Waals surface area (Å²) in [5.74, 6) is 0. The van der Waals surface area contributed by atoms with Crippen molar-refractivity contribution in [3.05, 3.63) is 34.3 Å². The van der Waals surface area contributed by atoms with Gasteiger partial charge in [0.25, 0.3) is 0 Å². The summed E-state index contributed by atoms with van der Waals surface area (Å²) in [4.78, 5) is 0. The van der Waals surface area contributed by atoms with E-state index in [9.17, 15) is 0 Å². The first kappa shape index (κ1) is 14.0. The fourth-order valence-corrected chi connectivity index (χ4v) is 2.28. The number of nitrogens with one attached hydrogen (secondary N) is 1. The zero-order valence-corrected chi connectivity index (χ0v) is 11.5. The molecule has 1 unspecified atom stereocenters. The molecule has 0 bridgehead atoms. The van der Waals surface area contributed by atoms with Crippen molar-refractivity contribution >= 4 is 28.3 Å². The van der Waals surface area contributed by atoms with Crippen LogP contribution in [0.4, 0.5) is 0 Å². The van der Waals surface area contributed by atoms with Crippen LogP contribution in [0.5, 0.6) is 0 Å². The number of benzene rings is 1. The molecule has 0 aliphatic carbocycles. The van der Waals surface area contributed by atoms with Gasteiger partial charge in [0.2, 0.25) is 0 Å². The Kier molecular flexibility index (Phi) is 6.36. The highest BCUT2D eigenvalue weighted by molar-refractivity contribution is 9.10. The zero-order chi connectivity index (χ0) is 10.5. The van der Waals surface area contributed by atoms with Gasteiger partial charge in [-0.15, -0.1) is 12.4 Å². The Bertz CT molecular complexity index is 316. The van der Waals surface area contributed by atoms with Crippen molar-refractivity contribution in [2.75, 3.05) is 13.2 Å². The summed E-state index contributed by atoms with van der Waals surface area (Å²) in [7, 11) is 0. The van der Waals surface area contributed by atoms with Crippen molar-refractivity contribution in [2.45, 2.75) is 25.5 Å². The maximum absolute atomic E-state index is 5.54. The minimum absolute atomic E-state index is 0. The molecule has 1 heterocycles. The second-order valence-corrected chi connectivity index (χ2v) is 4.81. The lowest BCUT2D eigenvalue weighted by Gasteiger charge is -2.10. The van der Waals surface area contributed by atoms with E-state index >= 15 is 0 Å². The first-order chi connectivity index (χ1) is 7.34. The highest BCUT2D eigenvalue weighted by Gasteiger charge is 2.14. The highest BCUT2D eigenvalue weighted by Crippen LogP contribution is 2.13. The van der Waals surface area contributed by atoms with Crippen molar-refractivity contribution in [3.63, 3.8) is 0 Å². The van der Waals surface area contributed by atoms with Crippen LogP contribution in [0, 0.1) is 0 Å². The number of halogens is 2. The van der Waals surface area contributed by atoms with E-state index in [1.165, 1.54) is 18.4 Å². The van der Waals surface area contributed by atoms with Crippen molar-refractivity contribution in [3.8, 4) is 0 Å². The van der Waals surface area contributed by atoms with Gasteiger partial charge in [-0.2, -0.15) is 0 Å². The normalized spacial score (nSPS) is 19.4. The van der Waals surface area contributed by atoms with E-state index in [2.05, 4.69) is 39.4 Å². The first-order valence-corrected chi connectivity index (χ1v) is 6.20. The Morgan fingerprint density at radius 2 is 2.31 bits per heavy atom. The fraction of sp³-hybridized carbons (Fsp3) is 0.500. The van der Waals surface area contributed by atoms with Gasteiger partial charge in [0.15, 0.2) is 0 Å². The number of ether oxygens (including phenoxy) is 1. The molecule has 0 aromatic heterocycles. The van der Waals surface area contributed by atoms with Crippen LogP contribution in [0.3, 0.4) is 0 Å². The number of hydrogen-bond donors (Lipinski definition) is 1. The Morgan fingerprint density at radius 1 is 1.44 bits per heavy atom. The maximum atomic E-state index is 5.54. The summed E-state index contributed by atoms with van der Waals surface area (Å²) >= 11 is 3.47. The van der Waals surface area contributed by atoms with Crippen molar-refractivity contribution < 1.29 is 4.74 Å². The molecule has 2 nitrogen and oxygen atoms in total. The molecule has 0 saturated carbocycles. The largest absolute Gasteiger partial charge is 0.377 e. The number of hydrogen-bond acceptors (Lipinski definition) is 2. The summed E-state index contributed by atoms with van der Waals surface area (Å²) in [6, 6.07) is 8.38. The Morgan fingerprint density at radius 3 is 3.00 bits per heavy atom. The molecule has 0 amide bonds. The SMILES string of the molecule is Brc1cccc(CNCC2CCCO2)c1.Cl. The van der Waals surface area contributed by atoms with Crippen molar-refractivity contribution in [2.24, 2.45) is 0 Å². The molecule has 90 valence electrons. The lowest BCUT2D eigenvalue weighted by molar-refractivity contribution is 0.110. The molecule has 0 radical (unpaired) electrons. The van der Waals surface area contributed by atoms with Crippen molar-refractivity contribution in [1.29, 1.82) is 0 Å². The minimum Gasteiger partial charge on any atom is -0.377 e. The third-order valence-electron chi connectivity index (χ3n) is 2.61. The fourth-order valence-electron chi connectivity index (χ4n) is 1.83. The molecular weight excluding hydrogens is 289 g/mol. The Labute approximate surface area is 111 Å². The van der Waals surface area contributed by atoms with Gasteiger partial charge < -0.3 is 10.1 Å². The van der Waals surface area contributed by atoms with E-state index in [-0.39, 0.29) is 12.4 Å². The van der Waals surface area contributed by atoms with E-state index in [1.807, 2.05) is 6.07 Å². The summed E-state index contributed by atoms with van der Waals surface area (Å²) in [5.41, 5.74) is 1.31. The molecule has 1 aliphatic rings. The summed E-state index contributed by atoms with van der Waals surface area (Å²) in [5, 5.41) is 3.42. The second kappa shape index (κ2) is 7.28. The molecule has 1 saturated heterocycles. The Balaban J connectivity index is 0.00000128. The molecule has 1 N–H and O–H groups in total. The van der Waals surface area contributed by atoms with Crippen LogP contribution in [0.15, 0.2) is 28.7 Å². The van der Waals surface area contributed by atoms with Crippen LogP contribution in [-0.4, -0.2) is 19.3 Å². The monoisotopic (exact) mass is 305 g/mol. The summed E-state index contributed by atoms with van der Waals surface area (Å²) in [6.45, 7) is 2.81. The van der Waals surface area contributed by atoms with Gasteiger partial charge in [-0.05, 0) is 30.5 Å². The van der Waals surface area contributed by atoms with Crippen LogP contribution >= 0.6 is 28.3 Å². The topological polar surface area (TPSA) is 21.3 Å². The molecule has 1 aromatic carbocycles. The van der Waals surface area contributed by atoms with E-state index in [0.717, 1.165) is 24.2 Å².